The van der Waals surface area contributed by atoms with Crippen molar-refractivity contribution in [2.45, 2.75) is 31.7 Å². The molecule has 1 N–H and O–H groups in total. The van der Waals surface area contributed by atoms with Gasteiger partial charge < -0.3 is 4.98 Å². The Bertz CT molecular complexity index is 741. The maximum absolute atomic E-state index is 4.62. The third-order valence-corrected chi connectivity index (χ3v) is 4.39. The van der Waals surface area contributed by atoms with Crippen LogP contribution in [0.5, 0.6) is 0 Å². The number of hydrogen-bond acceptors (Lipinski definition) is 1. The van der Waals surface area contributed by atoms with Crippen molar-refractivity contribution in [2.24, 2.45) is 0 Å². The molecule has 3 aromatic rings. The van der Waals surface area contributed by atoms with Gasteiger partial charge in [0.05, 0.1) is 5.03 Å². The number of aryl methyl sites for hydroxylation is 4. The molecule has 0 atom stereocenters. The molecule has 0 aliphatic carbocycles. The fraction of sp³-hybridized carbons (Fsp3) is 0.222. The molecule has 0 aliphatic rings. The Labute approximate surface area is 125 Å². The third-order valence-electron chi connectivity index (χ3n) is 4.00. The average molecular weight is 281 g/mol. The second-order valence-corrected chi connectivity index (χ2v) is 5.87. The van der Waals surface area contributed by atoms with Crippen LogP contribution < -0.4 is 0 Å². The fourth-order valence-corrected chi connectivity index (χ4v) is 3.02. The Hall–Kier alpha value is -1.67. The summed E-state index contributed by atoms with van der Waals surface area (Å²) in [5, 5.41) is 2.31. The first-order chi connectivity index (χ1) is 9.65. The molecule has 2 aromatic carbocycles. The Morgan fingerprint density at radius 3 is 2.40 bits per heavy atom. The predicted octanol–water partition coefficient (Wildman–Crippen LogP) is 4.86. The number of nitrogens with one attached hydrogen (secondary N) is 1. The van der Waals surface area contributed by atoms with E-state index >= 15 is 0 Å². The van der Waals surface area contributed by atoms with Crippen molar-refractivity contribution in [3.63, 3.8) is 0 Å². The van der Waals surface area contributed by atoms with E-state index in [9.17, 15) is 0 Å². The highest BCUT2D eigenvalue weighted by atomic mass is 32.1. The standard InChI is InChI=1S/C18H19NS/c1-12-10-16-15(9-8-14-6-4-3-5-7-14)18(20)19-17(16)11-13(12)2/h3-7,10-11,19-20H,8-9H2,1-2H3. The van der Waals surface area contributed by atoms with Gasteiger partial charge in [-0.3, -0.25) is 0 Å². The molecule has 0 unspecified atom stereocenters. The largest absolute Gasteiger partial charge is 0.350 e. The molecule has 1 aromatic heterocycles. The number of H-pyrrole nitrogens is 1. The molecule has 1 heterocycles. The number of aromatic nitrogens is 1. The molecule has 20 heavy (non-hydrogen) atoms. The fourth-order valence-electron chi connectivity index (χ4n) is 2.67. The highest BCUT2D eigenvalue weighted by Gasteiger charge is 2.10. The normalized spacial score (nSPS) is 11.2. The van der Waals surface area contributed by atoms with Gasteiger partial charge in [-0.1, -0.05) is 30.3 Å². The molecule has 0 bridgehead atoms. The minimum absolute atomic E-state index is 1.00. The molecule has 0 saturated carbocycles. The van der Waals surface area contributed by atoms with Crippen LogP contribution in [0.25, 0.3) is 10.9 Å². The van der Waals surface area contributed by atoms with Crippen molar-refractivity contribution < 1.29 is 0 Å². The Morgan fingerprint density at radius 1 is 0.950 bits per heavy atom. The quantitative estimate of drug-likeness (QED) is 0.638. The van der Waals surface area contributed by atoms with Crippen LogP contribution in [0.1, 0.15) is 22.3 Å². The van der Waals surface area contributed by atoms with Gasteiger partial charge in [0.1, 0.15) is 0 Å². The van der Waals surface area contributed by atoms with E-state index in [0.717, 1.165) is 17.9 Å². The Kier molecular flexibility index (Phi) is 3.58. The van der Waals surface area contributed by atoms with E-state index in [0.29, 0.717) is 0 Å². The van der Waals surface area contributed by atoms with E-state index in [1.54, 1.807) is 0 Å². The molecule has 3 rings (SSSR count). The van der Waals surface area contributed by atoms with Crippen LogP contribution in [0, 0.1) is 13.8 Å². The zero-order valence-electron chi connectivity index (χ0n) is 11.9. The van der Waals surface area contributed by atoms with Gasteiger partial charge in [-0.2, -0.15) is 0 Å². The lowest BCUT2D eigenvalue weighted by Gasteiger charge is -2.04. The monoisotopic (exact) mass is 281 g/mol. The van der Waals surface area contributed by atoms with E-state index in [1.165, 1.54) is 33.2 Å². The van der Waals surface area contributed by atoms with Gasteiger partial charge >= 0.3 is 0 Å². The minimum Gasteiger partial charge on any atom is -0.350 e. The molecule has 0 radical (unpaired) electrons. The zero-order valence-corrected chi connectivity index (χ0v) is 12.8. The van der Waals surface area contributed by atoms with Crippen molar-refractivity contribution in [3.05, 3.63) is 64.7 Å². The van der Waals surface area contributed by atoms with Gasteiger partial charge in [0.15, 0.2) is 0 Å². The molecule has 0 spiro atoms. The summed E-state index contributed by atoms with van der Waals surface area (Å²) in [7, 11) is 0. The smallest absolute Gasteiger partial charge is 0.0734 e. The highest BCUT2D eigenvalue weighted by Crippen LogP contribution is 2.28. The molecule has 1 nitrogen and oxygen atoms in total. The summed E-state index contributed by atoms with van der Waals surface area (Å²) in [5.41, 5.74) is 6.56. The highest BCUT2D eigenvalue weighted by molar-refractivity contribution is 7.80. The summed E-state index contributed by atoms with van der Waals surface area (Å²) < 4.78 is 0. The molecule has 102 valence electrons. The average Bonchev–Trinajstić information content (AvgIpc) is 2.73. The minimum atomic E-state index is 1.00. The second kappa shape index (κ2) is 5.37. The zero-order chi connectivity index (χ0) is 14.1. The van der Waals surface area contributed by atoms with Crippen molar-refractivity contribution in [1.29, 1.82) is 0 Å². The lowest BCUT2D eigenvalue weighted by Crippen LogP contribution is -1.91. The van der Waals surface area contributed by atoms with E-state index in [2.05, 4.69) is 73.9 Å². The Balaban J connectivity index is 1.95. The van der Waals surface area contributed by atoms with Crippen molar-refractivity contribution in [2.75, 3.05) is 0 Å². The maximum atomic E-state index is 4.62. The van der Waals surface area contributed by atoms with Crippen molar-refractivity contribution >= 4 is 23.5 Å². The van der Waals surface area contributed by atoms with Crippen LogP contribution in [0.15, 0.2) is 47.5 Å². The van der Waals surface area contributed by atoms with E-state index < -0.39 is 0 Å². The van der Waals surface area contributed by atoms with E-state index in [-0.39, 0.29) is 0 Å². The van der Waals surface area contributed by atoms with Crippen LogP contribution >= 0.6 is 12.6 Å². The number of hydrogen-bond donors (Lipinski definition) is 2. The topological polar surface area (TPSA) is 15.8 Å². The number of fused-ring (bicyclic) bond motifs is 1. The molecule has 0 amide bonds. The summed E-state index contributed by atoms with van der Waals surface area (Å²) in [5.74, 6) is 0. The summed E-state index contributed by atoms with van der Waals surface area (Å²) in [4.78, 5) is 3.40. The Morgan fingerprint density at radius 2 is 1.65 bits per heavy atom. The molecule has 0 fully saturated rings. The molecule has 0 aliphatic heterocycles. The predicted molar refractivity (Wildman–Crippen MR) is 88.9 cm³/mol. The van der Waals surface area contributed by atoms with Gasteiger partial charge in [-0.25, -0.2) is 0 Å². The summed E-state index contributed by atoms with van der Waals surface area (Å²) >= 11 is 4.62. The molecular weight excluding hydrogens is 262 g/mol. The maximum Gasteiger partial charge on any atom is 0.0734 e. The van der Waals surface area contributed by atoms with E-state index in [4.69, 9.17) is 0 Å². The lowest BCUT2D eigenvalue weighted by molar-refractivity contribution is 0.937. The molecule has 2 heteroatoms. The van der Waals surface area contributed by atoms with Crippen LogP contribution in [-0.2, 0) is 12.8 Å². The first-order valence-corrected chi connectivity index (χ1v) is 7.44. The summed E-state index contributed by atoms with van der Waals surface area (Å²) in [6, 6.07) is 15.1. The van der Waals surface area contributed by atoms with Crippen molar-refractivity contribution in [1.82, 2.24) is 4.98 Å². The number of rotatable bonds is 3. The van der Waals surface area contributed by atoms with Crippen LogP contribution in [0.3, 0.4) is 0 Å². The number of benzene rings is 2. The van der Waals surface area contributed by atoms with Gasteiger partial charge in [0.2, 0.25) is 0 Å². The van der Waals surface area contributed by atoms with Gasteiger partial charge in [-0.15, -0.1) is 12.6 Å². The van der Waals surface area contributed by atoms with Crippen LogP contribution in [0.4, 0.5) is 0 Å². The summed E-state index contributed by atoms with van der Waals surface area (Å²) in [6.45, 7) is 4.32. The van der Waals surface area contributed by atoms with Crippen molar-refractivity contribution in [3.8, 4) is 0 Å². The molecule has 0 saturated heterocycles. The lowest BCUT2D eigenvalue weighted by atomic mass is 10.0. The first kappa shape index (κ1) is 13.3. The SMILES string of the molecule is Cc1cc2[nH]c(S)c(CCc3ccccc3)c2cc1C. The first-order valence-electron chi connectivity index (χ1n) is 7.00. The van der Waals surface area contributed by atoms with Crippen LogP contribution in [-0.4, -0.2) is 4.98 Å². The second-order valence-electron chi connectivity index (χ2n) is 5.42. The number of aromatic amines is 1. The molecular formula is C18H19NS. The van der Waals surface area contributed by atoms with Gasteiger partial charge in [0, 0.05) is 10.9 Å². The van der Waals surface area contributed by atoms with E-state index in [1.807, 2.05) is 0 Å². The van der Waals surface area contributed by atoms with Crippen LogP contribution in [0.2, 0.25) is 0 Å². The third kappa shape index (κ3) is 2.48. The van der Waals surface area contributed by atoms with Gasteiger partial charge in [-0.05, 0) is 61.1 Å². The summed E-state index contributed by atoms with van der Waals surface area (Å²) in [6.07, 6.45) is 2.07. The van der Waals surface area contributed by atoms with Gasteiger partial charge in [0.25, 0.3) is 0 Å². The number of thiol groups is 1.